The van der Waals surface area contributed by atoms with Crippen molar-refractivity contribution in [1.29, 1.82) is 0 Å². The lowest BCUT2D eigenvalue weighted by molar-refractivity contribution is -0.149. The Bertz CT molecular complexity index is 543. The summed E-state index contributed by atoms with van der Waals surface area (Å²) in [6.07, 6.45) is 1.80. The molecule has 1 aliphatic heterocycles. The van der Waals surface area contributed by atoms with Gasteiger partial charge in [0, 0.05) is 26.6 Å². The summed E-state index contributed by atoms with van der Waals surface area (Å²) in [7, 11) is 0. The highest BCUT2D eigenvalue weighted by Crippen LogP contribution is 2.18. The summed E-state index contributed by atoms with van der Waals surface area (Å²) < 4.78 is 10.1. The predicted octanol–water partition coefficient (Wildman–Crippen LogP) is 1.12. The Morgan fingerprint density at radius 1 is 1.52 bits per heavy atom. The number of esters is 1. The van der Waals surface area contributed by atoms with Crippen LogP contribution in [0.2, 0.25) is 0 Å². The number of hydrogen-bond donors (Lipinski definition) is 1. The summed E-state index contributed by atoms with van der Waals surface area (Å²) in [5.41, 5.74) is 0. The lowest BCUT2D eigenvalue weighted by Gasteiger charge is -2.33. The van der Waals surface area contributed by atoms with E-state index in [4.69, 9.17) is 9.26 Å². The topological polar surface area (TPSA) is 92.9 Å². The molecule has 0 bridgehead atoms. The third-order valence-electron chi connectivity index (χ3n) is 3.62. The van der Waals surface area contributed by atoms with Crippen molar-refractivity contribution in [2.75, 3.05) is 26.2 Å². The SMILES string of the molecule is CCNC(=NCc1noc(C)n1)N1CCCC(C(=O)OCC)C1. The van der Waals surface area contributed by atoms with Crippen molar-refractivity contribution >= 4 is 11.9 Å². The maximum Gasteiger partial charge on any atom is 0.310 e. The molecule has 1 fully saturated rings. The Kier molecular flexibility index (Phi) is 6.37. The van der Waals surface area contributed by atoms with Crippen LogP contribution in [0.1, 0.15) is 38.4 Å². The van der Waals surface area contributed by atoms with Gasteiger partial charge in [-0.15, -0.1) is 0 Å². The van der Waals surface area contributed by atoms with Gasteiger partial charge in [-0.1, -0.05) is 5.16 Å². The van der Waals surface area contributed by atoms with Gasteiger partial charge in [-0.25, -0.2) is 4.99 Å². The minimum Gasteiger partial charge on any atom is -0.466 e. The van der Waals surface area contributed by atoms with Gasteiger partial charge in [-0.3, -0.25) is 4.79 Å². The van der Waals surface area contributed by atoms with Crippen LogP contribution in [0.5, 0.6) is 0 Å². The Hall–Kier alpha value is -2.12. The smallest absolute Gasteiger partial charge is 0.310 e. The van der Waals surface area contributed by atoms with Gasteiger partial charge in [0.1, 0.15) is 6.54 Å². The van der Waals surface area contributed by atoms with E-state index in [1.54, 1.807) is 6.92 Å². The minimum atomic E-state index is -0.123. The summed E-state index contributed by atoms with van der Waals surface area (Å²) in [4.78, 5) is 22.8. The molecule has 0 aromatic carbocycles. The fourth-order valence-electron chi connectivity index (χ4n) is 2.60. The van der Waals surface area contributed by atoms with Gasteiger partial charge in [0.05, 0.1) is 12.5 Å². The number of guanidine groups is 1. The van der Waals surface area contributed by atoms with Gasteiger partial charge in [-0.05, 0) is 26.7 Å². The Balaban J connectivity index is 2.02. The Morgan fingerprint density at radius 3 is 3.00 bits per heavy atom. The largest absolute Gasteiger partial charge is 0.466 e. The van der Waals surface area contributed by atoms with E-state index in [1.807, 2.05) is 13.8 Å². The summed E-state index contributed by atoms with van der Waals surface area (Å²) in [6, 6.07) is 0. The third-order valence-corrected chi connectivity index (χ3v) is 3.62. The first kappa shape index (κ1) is 17.2. The van der Waals surface area contributed by atoms with Crippen LogP contribution in [0, 0.1) is 12.8 Å². The number of piperidine rings is 1. The molecular weight excluding hydrogens is 298 g/mol. The molecule has 1 saturated heterocycles. The van der Waals surface area contributed by atoms with E-state index >= 15 is 0 Å². The Morgan fingerprint density at radius 2 is 2.35 bits per heavy atom. The predicted molar refractivity (Wildman–Crippen MR) is 84.8 cm³/mol. The molecule has 0 spiro atoms. The average molecular weight is 323 g/mol. The molecule has 0 saturated carbocycles. The van der Waals surface area contributed by atoms with Crippen LogP contribution >= 0.6 is 0 Å². The number of aromatic nitrogens is 2. The Labute approximate surface area is 136 Å². The van der Waals surface area contributed by atoms with Gasteiger partial charge in [0.2, 0.25) is 5.89 Å². The van der Waals surface area contributed by atoms with Gasteiger partial charge in [0.15, 0.2) is 11.8 Å². The van der Waals surface area contributed by atoms with Crippen LogP contribution < -0.4 is 5.32 Å². The number of aliphatic imine (C=N–C) groups is 1. The zero-order chi connectivity index (χ0) is 16.7. The number of carbonyl (C=O) groups excluding carboxylic acids is 1. The number of hydrogen-bond acceptors (Lipinski definition) is 6. The second-order valence-corrected chi connectivity index (χ2v) is 5.44. The molecule has 128 valence electrons. The molecule has 2 rings (SSSR count). The van der Waals surface area contributed by atoms with Crippen molar-refractivity contribution in [2.24, 2.45) is 10.9 Å². The van der Waals surface area contributed by atoms with Crippen molar-refractivity contribution in [3.05, 3.63) is 11.7 Å². The van der Waals surface area contributed by atoms with Crippen molar-refractivity contribution in [3.8, 4) is 0 Å². The monoisotopic (exact) mass is 323 g/mol. The summed E-state index contributed by atoms with van der Waals surface area (Å²) in [6.45, 7) is 8.60. The average Bonchev–Trinajstić information content (AvgIpc) is 2.97. The normalized spacial score (nSPS) is 18.8. The number of likely N-dealkylation sites (tertiary alicyclic amines) is 1. The first-order valence-corrected chi connectivity index (χ1v) is 8.13. The zero-order valence-corrected chi connectivity index (χ0v) is 14.0. The number of ether oxygens (including phenoxy) is 1. The molecule has 1 unspecified atom stereocenters. The maximum atomic E-state index is 12.0. The minimum absolute atomic E-state index is 0.0972. The van der Waals surface area contributed by atoms with Crippen LogP contribution in [0.25, 0.3) is 0 Å². The molecule has 2 heterocycles. The molecular formula is C15H25N5O3. The fraction of sp³-hybridized carbons (Fsp3) is 0.733. The molecule has 1 aromatic heterocycles. The standard InChI is InChI=1S/C15H25N5O3/c1-4-16-15(17-9-13-18-11(3)23-19-13)20-8-6-7-12(10-20)14(21)22-5-2/h12H,4-10H2,1-3H3,(H,16,17). The van der Waals surface area contributed by atoms with Crippen LogP contribution in [-0.4, -0.2) is 53.2 Å². The molecule has 0 aliphatic carbocycles. The molecule has 1 N–H and O–H groups in total. The molecule has 1 aromatic rings. The van der Waals surface area contributed by atoms with Crippen LogP contribution in [0.4, 0.5) is 0 Å². The van der Waals surface area contributed by atoms with Gasteiger partial charge >= 0.3 is 5.97 Å². The van der Waals surface area contributed by atoms with E-state index in [9.17, 15) is 4.79 Å². The molecule has 0 amide bonds. The highest BCUT2D eigenvalue weighted by atomic mass is 16.5. The third kappa shape index (κ3) is 4.94. The number of nitrogens with one attached hydrogen (secondary N) is 1. The van der Waals surface area contributed by atoms with E-state index in [0.29, 0.717) is 31.4 Å². The summed E-state index contributed by atoms with van der Waals surface area (Å²) in [5.74, 6) is 1.63. The second-order valence-electron chi connectivity index (χ2n) is 5.44. The van der Waals surface area contributed by atoms with Crippen LogP contribution in [-0.2, 0) is 16.1 Å². The highest BCUT2D eigenvalue weighted by Gasteiger charge is 2.28. The fourth-order valence-corrected chi connectivity index (χ4v) is 2.60. The molecule has 0 radical (unpaired) electrons. The molecule has 1 atom stereocenters. The number of rotatable bonds is 5. The van der Waals surface area contributed by atoms with Crippen molar-refractivity contribution in [2.45, 2.75) is 40.2 Å². The van der Waals surface area contributed by atoms with E-state index in [-0.39, 0.29) is 11.9 Å². The van der Waals surface area contributed by atoms with Gasteiger partial charge < -0.3 is 19.5 Å². The van der Waals surface area contributed by atoms with Gasteiger partial charge in [0.25, 0.3) is 0 Å². The van der Waals surface area contributed by atoms with Gasteiger partial charge in [-0.2, -0.15) is 4.98 Å². The first-order valence-electron chi connectivity index (χ1n) is 8.13. The molecule has 23 heavy (non-hydrogen) atoms. The maximum absolute atomic E-state index is 12.0. The molecule has 1 aliphatic rings. The zero-order valence-electron chi connectivity index (χ0n) is 14.0. The van der Waals surface area contributed by atoms with E-state index in [0.717, 1.165) is 31.9 Å². The van der Waals surface area contributed by atoms with Crippen molar-refractivity contribution in [3.63, 3.8) is 0 Å². The van der Waals surface area contributed by atoms with E-state index in [2.05, 4.69) is 25.3 Å². The number of nitrogens with zero attached hydrogens (tertiary/aromatic N) is 4. The van der Waals surface area contributed by atoms with Crippen molar-refractivity contribution < 1.29 is 14.1 Å². The quantitative estimate of drug-likeness (QED) is 0.493. The van der Waals surface area contributed by atoms with Crippen molar-refractivity contribution in [1.82, 2.24) is 20.4 Å². The highest BCUT2D eigenvalue weighted by molar-refractivity contribution is 5.81. The van der Waals surface area contributed by atoms with Crippen LogP contribution in [0.15, 0.2) is 9.52 Å². The lowest BCUT2D eigenvalue weighted by atomic mass is 9.98. The van der Waals surface area contributed by atoms with Crippen LogP contribution in [0.3, 0.4) is 0 Å². The first-order chi connectivity index (χ1) is 11.1. The summed E-state index contributed by atoms with van der Waals surface area (Å²) >= 11 is 0. The summed E-state index contributed by atoms with van der Waals surface area (Å²) in [5, 5.41) is 7.11. The molecule has 8 nitrogen and oxygen atoms in total. The lowest BCUT2D eigenvalue weighted by Crippen LogP contribution is -2.48. The number of aryl methyl sites for hydroxylation is 1. The van der Waals surface area contributed by atoms with E-state index < -0.39 is 0 Å². The second kappa shape index (κ2) is 8.50. The molecule has 8 heteroatoms. The number of carbonyl (C=O) groups is 1. The van der Waals surface area contributed by atoms with E-state index in [1.165, 1.54) is 0 Å².